The molecule has 1 fully saturated rings. The summed E-state index contributed by atoms with van der Waals surface area (Å²) in [4.78, 5) is 22.1. The first-order valence-electron chi connectivity index (χ1n) is 4.49. The molecule has 80 valence electrons. The summed E-state index contributed by atoms with van der Waals surface area (Å²) in [6, 6.07) is 0. The summed E-state index contributed by atoms with van der Waals surface area (Å²) in [5.41, 5.74) is -0.981. The van der Waals surface area contributed by atoms with E-state index in [1.54, 1.807) is 0 Å². The largest absolute Gasteiger partial charge is 0.481 e. The number of carbonyl (C=O) groups is 2. The van der Waals surface area contributed by atoms with Gasteiger partial charge in [-0.15, -0.1) is 0 Å². The molecule has 0 saturated carbocycles. The molecule has 0 aromatic carbocycles. The molecular weight excluding hydrogens is 188 g/mol. The SMILES string of the molecule is COC(=O)CC1(C(=O)O)CCOCC1. The topological polar surface area (TPSA) is 72.8 Å². The van der Waals surface area contributed by atoms with E-state index in [1.807, 2.05) is 0 Å². The molecule has 0 bridgehead atoms. The Bertz CT molecular complexity index is 229. The smallest absolute Gasteiger partial charge is 0.310 e. The molecule has 0 aliphatic carbocycles. The summed E-state index contributed by atoms with van der Waals surface area (Å²) in [7, 11) is 1.26. The van der Waals surface area contributed by atoms with Gasteiger partial charge < -0.3 is 14.6 Å². The molecule has 0 aromatic rings. The Morgan fingerprint density at radius 3 is 2.43 bits per heavy atom. The fraction of sp³-hybridized carbons (Fsp3) is 0.778. The van der Waals surface area contributed by atoms with Crippen LogP contribution in [0.1, 0.15) is 19.3 Å². The standard InChI is InChI=1S/C9H14O5/c1-13-7(10)6-9(8(11)12)2-4-14-5-3-9/h2-6H2,1H3,(H,11,12). The maximum Gasteiger partial charge on any atom is 0.310 e. The van der Waals surface area contributed by atoms with Crippen LogP contribution in [0.15, 0.2) is 0 Å². The third-order valence-electron chi connectivity index (χ3n) is 2.61. The van der Waals surface area contributed by atoms with Crippen molar-refractivity contribution in [3.05, 3.63) is 0 Å². The van der Waals surface area contributed by atoms with Crippen LogP contribution in [-0.4, -0.2) is 37.4 Å². The van der Waals surface area contributed by atoms with E-state index < -0.39 is 17.4 Å². The lowest BCUT2D eigenvalue weighted by Crippen LogP contribution is -2.39. The second-order valence-corrected chi connectivity index (χ2v) is 3.45. The van der Waals surface area contributed by atoms with E-state index in [2.05, 4.69) is 4.74 Å². The van der Waals surface area contributed by atoms with Crippen molar-refractivity contribution in [3.8, 4) is 0 Å². The van der Waals surface area contributed by atoms with Gasteiger partial charge in [-0.1, -0.05) is 0 Å². The van der Waals surface area contributed by atoms with Crippen molar-refractivity contribution in [2.45, 2.75) is 19.3 Å². The van der Waals surface area contributed by atoms with E-state index in [9.17, 15) is 9.59 Å². The number of esters is 1. The lowest BCUT2D eigenvalue weighted by Gasteiger charge is -2.31. The fourth-order valence-corrected chi connectivity index (χ4v) is 1.58. The number of carboxylic acid groups (broad SMARTS) is 1. The zero-order valence-electron chi connectivity index (χ0n) is 8.12. The van der Waals surface area contributed by atoms with Crippen LogP contribution in [0.3, 0.4) is 0 Å². The summed E-state index contributed by atoms with van der Waals surface area (Å²) < 4.78 is 9.56. The highest BCUT2D eigenvalue weighted by Gasteiger charge is 2.42. The monoisotopic (exact) mass is 202 g/mol. The molecule has 5 heteroatoms. The van der Waals surface area contributed by atoms with Crippen LogP contribution in [0.25, 0.3) is 0 Å². The molecule has 14 heavy (non-hydrogen) atoms. The number of aliphatic carboxylic acids is 1. The summed E-state index contributed by atoms with van der Waals surface area (Å²) in [6.07, 6.45) is 0.678. The van der Waals surface area contributed by atoms with Gasteiger partial charge in [0.05, 0.1) is 18.9 Å². The molecule has 0 spiro atoms. The average Bonchev–Trinajstić information content (AvgIpc) is 2.19. The molecule has 0 atom stereocenters. The fourth-order valence-electron chi connectivity index (χ4n) is 1.58. The maximum absolute atomic E-state index is 11.1. The number of rotatable bonds is 3. The number of hydrogen-bond donors (Lipinski definition) is 1. The van der Waals surface area contributed by atoms with Crippen LogP contribution in [0.5, 0.6) is 0 Å². The van der Waals surface area contributed by atoms with Crippen LogP contribution >= 0.6 is 0 Å². The number of ether oxygens (including phenoxy) is 2. The van der Waals surface area contributed by atoms with E-state index in [0.29, 0.717) is 26.1 Å². The lowest BCUT2D eigenvalue weighted by atomic mass is 9.77. The Morgan fingerprint density at radius 2 is 2.00 bits per heavy atom. The zero-order chi connectivity index (χ0) is 10.6. The molecule has 0 unspecified atom stereocenters. The molecule has 1 aliphatic heterocycles. The van der Waals surface area contributed by atoms with Crippen molar-refractivity contribution >= 4 is 11.9 Å². The predicted molar refractivity (Wildman–Crippen MR) is 46.8 cm³/mol. The summed E-state index contributed by atoms with van der Waals surface area (Å²) in [5.74, 6) is -1.42. The van der Waals surface area contributed by atoms with Gasteiger partial charge in [0.2, 0.25) is 0 Å². The molecular formula is C9H14O5. The summed E-state index contributed by atoms with van der Waals surface area (Å²) >= 11 is 0. The Labute approximate surface area is 82.0 Å². The Hall–Kier alpha value is -1.10. The van der Waals surface area contributed by atoms with Crippen molar-refractivity contribution in [2.75, 3.05) is 20.3 Å². The van der Waals surface area contributed by atoms with Gasteiger partial charge in [-0.3, -0.25) is 9.59 Å². The quantitative estimate of drug-likeness (QED) is 0.672. The first-order valence-corrected chi connectivity index (χ1v) is 4.49. The van der Waals surface area contributed by atoms with Gasteiger partial charge in [-0.05, 0) is 12.8 Å². The first-order chi connectivity index (χ1) is 6.60. The van der Waals surface area contributed by atoms with Crippen molar-refractivity contribution in [1.82, 2.24) is 0 Å². The van der Waals surface area contributed by atoms with Crippen LogP contribution in [0.2, 0.25) is 0 Å². The van der Waals surface area contributed by atoms with E-state index in [0.717, 1.165) is 0 Å². The van der Waals surface area contributed by atoms with E-state index in [4.69, 9.17) is 9.84 Å². The van der Waals surface area contributed by atoms with Crippen LogP contribution in [0, 0.1) is 5.41 Å². The highest BCUT2D eigenvalue weighted by Crippen LogP contribution is 2.34. The van der Waals surface area contributed by atoms with Gasteiger partial charge in [0.25, 0.3) is 0 Å². The number of carboxylic acids is 1. The van der Waals surface area contributed by atoms with Crippen molar-refractivity contribution in [1.29, 1.82) is 0 Å². The molecule has 1 heterocycles. The van der Waals surface area contributed by atoms with Crippen LogP contribution in [-0.2, 0) is 19.1 Å². The predicted octanol–water partition coefficient (Wildman–Crippen LogP) is 0.431. The highest BCUT2D eigenvalue weighted by atomic mass is 16.5. The Morgan fingerprint density at radius 1 is 1.43 bits per heavy atom. The van der Waals surface area contributed by atoms with Crippen LogP contribution < -0.4 is 0 Å². The maximum atomic E-state index is 11.1. The Balaban J connectivity index is 2.70. The van der Waals surface area contributed by atoms with Gasteiger partial charge in [0.15, 0.2) is 0 Å². The van der Waals surface area contributed by atoms with Crippen LogP contribution in [0.4, 0.5) is 0 Å². The molecule has 0 radical (unpaired) electrons. The van der Waals surface area contributed by atoms with Gasteiger partial charge in [0.1, 0.15) is 0 Å². The van der Waals surface area contributed by atoms with Gasteiger partial charge in [0, 0.05) is 13.2 Å². The minimum absolute atomic E-state index is 0.0673. The molecule has 0 aromatic heterocycles. The van der Waals surface area contributed by atoms with Crippen molar-refractivity contribution in [3.63, 3.8) is 0 Å². The van der Waals surface area contributed by atoms with E-state index in [-0.39, 0.29) is 6.42 Å². The minimum Gasteiger partial charge on any atom is -0.481 e. The second kappa shape index (κ2) is 4.41. The van der Waals surface area contributed by atoms with Gasteiger partial charge in [-0.25, -0.2) is 0 Å². The molecule has 1 aliphatic rings. The molecule has 0 amide bonds. The number of carbonyl (C=O) groups excluding carboxylic acids is 1. The number of hydrogen-bond acceptors (Lipinski definition) is 4. The molecule has 1 saturated heterocycles. The number of methoxy groups -OCH3 is 1. The second-order valence-electron chi connectivity index (χ2n) is 3.45. The van der Waals surface area contributed by atoms with E-state index >= 15 is 0 Å². The summed E-state index contributed by atoms with van der Waals surface area (Å²) in [5, 5.41) is 9.07. The van der Waals surface area contributed by atoms with Crippen molar-refractivity contribution in [2.24, 2.45) is 5.41 Å². The normalized spacial score (nSPS) is 20.1. The molecule has 1 rings (SSSR count). The lowest BCUT2D eigenvalue weighted by molar-refractivity contribution is -0.162. The van der Waals surface area contributed by atoms with Gasteiger partial charge in [-0.2, -0.15) is 0 Å². The van der Waals surface area contributed by atoms with Crippen molar-refractivity contribution < 1.29 is 24.2 Å². The third kappa shape index (κ3) is 2.23. The van der Waals surface area contributed by atoms with E-state index in [1.165, 1.54) is 7.11 Å². The Kier molecular flexibility index (Phi) is 3.46. The zero-order valence-corrected chi connectivity index (χ0v) is 8.12. The average molecular weight is 202 g/mol. The third-order valence-corrected chi connectivity index (χ3v) is 2.61. The first kappa shape index (κ1) is 11.0. The molecule has 5 nitrogen and oxygen atoms in total. The summed E-state index contributed by atoms with van der Waals surface area (Å²) in [6.45, 7) is 0.784. The van der Waals surface area contributed by atoms with Gasteiger partial charge >= 0.3 is 11.9 Å². The highest BCUT2D eigenvalue weighted by molar-refractivity contribution is 5.82. The minimum atomic E-state index is -0.981. The molecule has 1 N–H and O–H groups in total.